The Balaban J connectivity index is 1.64. The molecular formula is C25H27ClN2O4. The fourth-order valence-electron chi connectivity index (χ4n) is 3.27. The summed E-state index contributed by atoms with van der Waals surface area (Å²) in [5.74, 6) is 1.73. The predicted molar refractivity (Wildman–Crippen MR) is 125 cm³/mol. The number of aryl methyl sites for hydroxylation is 2. The van der Waals surface area contributed by atoms with Crippen molar-refractivity contribution in [2.45, 2.75) is 39.8 Å². The molecule has 0 aliphatic carbocycles. The van der Waals surface area contributed by atoms with Gasteiger partial charge in [0.1, 0.15) is 12.4 Å². The maximum absolute atomic E-state index is 12.5. The first kappa shape index (κ1) is 23.4. The van der Waals surface area contributed by atoms with Gasteiger partial charge in [0.15, 0.2) is 11.5 Å². The van der Waals surface area contributed by atoms with E-state index in [1.54, 1.807) is 13.2 Å². The van der Waals surface area contributed by atoms with Crippen molar-refractivity contribution in [1.29, 1.82) is 0 Å². The first-order valence-electron chi connectivity index (χ1n) is 10.4. The van der Waals surface area contributed by atoms with Crippen molar-refractivity contribution >= 4 is 23.6 Å². The lowest BCUT2D eigenvalue weighted by molar-refractivity contribution is -0.117. The lowest BCUT2D eigenvalue weighted by Gasteiger charge is -2.16. The highest BCUT2D eigenvalue weighted by atomic mass is 35.5. The number of nitrogens with one attached hydrogen (secondary N) is 1. The number of carbonyl (C=O) groups is 1. The quantitative estimate of drug-likeness (QED) is 0.413. The Morgan fingerprint density at radius 1 is 1.19 bits per heavy atom. The molecule has 2 aromatic carbocycles. The number of methoxy groups -OCH3 is 1. The van der Waals surface area contributed by atoms with Crippen molar-refractivity contribution in [2.24, 2.45) is 0 Å². The number of ether oxygens (including phenoxy) is 2. The topological polar surface area (TPSA) is 73.6 Å². The van der Waals surface area contributed by atoms with Gasteiger partial charge in [-0.05, 0) is 61.7 Å². The van der Waals surface area contributed by atoms with E-state index in [-0.39, 0.29) is 11.9 Å². The highest BCUT2D eigenvalue weighted by Gasteiger charge is 2.13. The van der Waals surface area contributed by atoms with E-state index in [0.29, 0.717) is 23.1 Å². The number of nitrogens with zero attached hydrogens (tertiary/aromatic N) is 1. The lowest BCUT2D eigenvalue weighted by Crippen LogP contribution is -2.26. The number of hydrogen-bond acceptors (Lipinski definition) is 5. The summed E-state index contributed by atoms with van der Waals surface area (Å²) in [5.41, 5.74) is 3.55. The zero-order chi connectivity index (χ0) is 23.1. The third-order valence-corrected chi connectivity index (χ3v) is 5.42. The smallest absolute Gasteiger partial charge is 0.244 e. The number of halogens is 1. The Labute approximate surface area is 193 Å². The lowest BCUT2D eigenvalue weighted by atomic mass is 10.0. The van der Waals surface area contributed by atoms with E-state index in [1.165, 1.54) is 6.08 Å². The summed E-state index contributed by atoms with van der Waals surface area (Å²) in [6.07, 6.45) is 4.02. The molecule has 0 spiro atoms. The number of hydrogen-bond donors (Lipinski definition) is 1. The van der Waals surface area contributed by atoms with Crippen LogP contribution in [0.4, 0.5) is 0 Å². The van der Waals surface area contributed by atoms with Crippen LogP contribution < -0.4 is 14.8 Å². The van der Waals surface area contributed by atoms with Crippen LogP contribution in [0.15, 0.2) is 53.1 Å². The van der Waals surface area contributed by atoms with Gasteiger partial charge in [-0.25, -0.2) is 0 Å². The summed E-state index contributed by atoms with van der Waals surface area (Å²) < 4.78 is 16.5. The Morgan fingerprint density at radius 3 is 2.56 bits per heavy atom. The van der Waals surface area contributed by atoms with Crippen LogP contribution >= 0.6 is 11.6 Å². The Morgan fingerprint density at radius 2 is 1.94 bits per heavy atom. The van der Waals surface area contributed by atoms with Crippen molar-refractivity contribution in [3.8, 4) is 11.5 Å². The molecule has 6 nitrogen and oxygen atoms in total. The average Bonchev–Trinajstić information content (AvgIpc) is 3.12. The van der Waals surface area contributed by atoms with Gasteiger partial charge in [0, 0.05) is 11.1 Å². The molecule has 1 amide bonds. The van der Waals surface area contributed by atoms with E-state index in [9.17, 15) is 4.79 Å². The largest absolute Gasteiger partial charge is 0.493 e. The van der Waals surface area contributed by atoms with Gasteiger partial charge < -0.3 is 19.3 Å². The first-order valence-corrected chi connectivity index (χ1v) is 10.8. The maximum Gasteiger partial charge on any atom is 0.244 e. The molecule has 0 fully saturated rings. The van der Waals surface area contributed by atoms with Crippen molar-refractivity contribution in [3.63, 3.8) is 0 Å². The molecule has 32 heavy (non-hydrogen) atoms. The van der Waals surface area contributed by atoms with Crippen LogP contribution in [0, 0.1) is 13.8 Å². The Kier molecular flexibility index (Phi) is 7.95. The second kappa shape index (κ2) is 10.9. The van der Waals surface area contributed by atoms with E-state index >= 15 is 0 Å². The van der Waals surface area contributed by atoms with Gasteiger partial charge in [0.2, 0.25) is 5.91 Å². The highest BCUT2D eigenvalue weighted by Crippen LogP contribution is 2.30. The van der Waals surface area contributed by atoms with Crippen LogP contribution in [0.5, 0.6) is 11.5 Å². The molecule has 0 bridgehead atoms. The van der Waals surface area contributed by atoms with Gasteiger partial charge in [-0.15, -0.1) is 0 Å². The minimum atomic E-state index is -0.176. The van der Waals surface area contributed by atoms with Crippen molar-refractivity contribution < 1.29 is 18.8 Å². The van der Waals surface area contributed by atoms with E-state index in [4.69, 9.17) is 25.6 Å². The first-order chi connectivity index (χ1) is 15.4. The molecule has 168 valence electrons. The molecule has 1 N–H and O–H groups in total. The molecule has 1 heterocycles. The van der Waals surface area contributed by atoms with Gasteiger partial charge in [-0.3, -0.25) is 4.79 Å². The maximum atomic E-state index is 12.5. The fourth-order valence-corrected chi connectivity index (χ4v) is 3.40. The van der Waals surface area contributed by atoms with E-state index < -0.39 is 0 Å². The third-order valence-electron chi connectivity index (χ3n) is 5.17. The van der Waals surface area contributed by atoms with Gasteiger partial charge in [-0.2, -0.15) is 0 Å². The van der Waals surface area contributed by atoms with Crippen molar-refractivity contribution in [1.82, 2.24) is 10.5 Å². The molecule has 0 radical (unpaired) electrons. The minimum Gasteiger partial charge on any atom is -0.493 e. The van der Waals surface area contributed by atoms with E-state index in [0.717, 1.165) is 34.6 Å². The van der Waals surface area contributed by atoms with Crippen LogP contribution in [0.3, 0.4) is 0 Å². The minimum absolute atomic E-state index is 0.0842. The second-order valence-electron chi connectivity index (χ2n) is 7.36. The Bertz CT molecular complexity index is 1070. The van der Waals surface area contributed by atoms with Crippen molar-refractivity contribution in [3.05, 3.63) is 81.7 Å². The highest BCUT2D eigenvalue weighted by molar-refractivity contribution is 6.30. The number of benzene rings is 2. The molecule has 0 saturated heterocycles. The van der Waals surface area contributed by atoms with Gasteiger partial charge in [0.05, 0.1) is 24.4 Å². The summed E-state index contributed by atoms with van der Waals surface area (Å²) in [4.78, 5) is 12.5. The molecule has 3 rings (SSSR count). The Hall–Kier alpha value is -3.25. The van der Waals surface area contributed by atoms with Crippen LogP contribution in [-0.4, -0.2) is 18.2 Å². The molecule has 0 saturated carbocycles. The van der Waals surface area contributed by atoms with E-state index in [1.807, 2.05) is 63.2 Å². The zero-order valence-electron chi connectivity index (χ0n) is 18.6. The number of aromatic nitrogens is 1. The molecule has 1 aromatic heterocycles. The number of rotatable bonds is 9. The van der Waals surface area contributed by atoms with Crippen LogP contribution in [0.25, 0.3) is 6.08 Å². The predicted octanol–water partition coefficient (Wildman–Crippen LogP) is 5.81. The third kappa shape index (κ3) is 5.92. The molecule has 0 aliphatic heterocycles. The normalized spacial score (nSPS) is 12.0. The molecular weight excluding hydrogens is 428 g/mol. The average molecular weight is 455 g/mol. The standard InChI is InChI=1S/C25H27ClN2O4/c1-5-22(19-8-10-20(26)11-9-19)27-25(29)13-7-18-6-12-23(24(14-18)30-4)31-15-21-16(2)28-32-17(21)3/h6-14,22H,5,15H2,1-4H3,(H,27,29)/b13-7+. The molecule has 1 atom stereocenters. The van der Waals surface area contributed by atoms with Crippen molar-refractivity contribution in [2.75, 3.05) is 7.11 Å². The van der Waals surface area contributed by atoms with E-state index in [2.05, 4.69) is 10.5 Å². The van der Waals surface area contributed by atoms with Crippen LogP contribution in [-0.2, 0) is 11.4 Å². The fraction of sp³-hybridized carbons (Fsp3) is 0.280. The van der Waals surface area contributed by atoms with Gasteiger partial charge in [-0.1, -0.05) is 41.9 Å². The summed E-state index contributed by atoms with van der Waals surface area (Å²) in [5, 5.41) is 7.63. The summed E-state index contributed by atoms with van der Waals surface area (Å²) in [7, 11) is 1.58. The zero-order valence-corrected chi connectivity index (χ0v) is 19.4. The van der Waals surface area contributed by atoms with Gasteiger partial charge >= 0.3 is 0 Å². The summed E-state index contributed by atoms with van der Waals surface area (Å²) in [6, 6.07) is 12.9. The van der Waals surface area contributed by atoms with Crippen LogP contribution in [0.1, 0.15) is 47.5 Å². The SMILES string of the molecule is CCC(NC(=O)/C=C/c1ccc(OCc2c(C)noc2C)c(OC)c1)c1ccc(Cl)cc1. The van der Waals surface area contributed by atoms with Gasteiger partial charge in [0.25, 0.3) is 0 Å². The van der Waals surface area contributed by atoms with Crippen LogP contribution in [0.2, 0.25) is 5.02 Å². The summed E-state index contributed by atoms with van der Waals surface area (Å²) in [6.45, 7) is 6.08. The summed E-state index contributed by atoms with van der Waals surface area (Å²) >= 11 is 5.95. The monoisotopic (exact) mass is 454 g/mol. The molecule has 3 aromatic rings. The molecule has 1 unspecified atom stereocenters. The molecule has 7 heteroatoms. The second-order valence-corrected chi connectivity index (χ2v) is 7.79. The number of amides is 1. The number of carbonyl (C=O) groups excluding carboxylic acids is 1. The molecule has 0 aliphatic rings.